The van der Waals surface area contributed by atoms with Gasteiger partial charge in [-0.05, 0) is 23.3 Å². The minimum absolute atomic E-state index is 0.0468. The van der Waals surface area contributed by atoms with Crippen LogP contribution in [0.2, 0.25) is 0 Å². The summed E-state index contributed by atoms with van der Waals surface area (Å²) in [6, 6.07) is 4.12. The van der Waals surface area contributed by atoms with Crippen LogP contribution < -0.4 is 0 Å². The molecule has 1 amide bonds. The first kappa shape index (κ1) is 17.8. The second-order valence-corrected chi connectivity index (χ2v) is 8.44. The van der Waals surface area contributed by atoms with Gasteiger partial charge in [0.2, 0.25) is 5.91 Å². The Morgan fingerprint density at radius 1 is 1.15 bits per heavy atom. The van der Waals surface area contributed by atoms with Gasteiger partial charge in [-0.2, -0.15) is 4.31 Å². The second kappa shape index (κ2) is 6.87. The van der Waals surface area contributed by atoms with Crippen molar-refractivity contribution in [2.24, 2.45) is 0 Å². The molecule has 0 spiro atoms. The van der Waals surface area contributed by atoms with Gasteiger partial charge in [0, 0.05) is 44.8 Å². The fourth-order valence-electron chi connectivity index (χ4n) is 3.16. The Hall–Kier alpha value is -2.56. The van der Waals surface area contributed by atoms with Crippen molar-refractivity contribution in [2.45, 2.75) is 11.1 Å². The van der Waals surface area contributed by atoms with E-state index < -0.39 is 16.1 Å². The number of likely N-dealkylation sites (tertiary alicyclic amines) is 1. The number of rotatable bonds is 5. The van der Waals surface area contributed by atoms with Gasteiger partial charge < -0.3 is 14.6 Å². The third kappa shape index (κ3) is 3.15. The lowest BCUT2D eigenvalue weighted by Gasteiger charge is -2.42. The van der Waals surface area contributed by atoms with Crippen molar-refractivity contribution in [2.75, 3.05) is 32.8 Å². The molecule has 4 heterocycles. The Bertz CT molecular complexity index is 956. The number of aliphatic hydroxyl groups is 1. The number of hydrogen-bond acceptors (Lipinski definition) is 6. The summed E-state index contributed by atoms with van der Waals surface area (Å²) in [4.78, 5) is 22.0. The molecule has 2 fully saturated rings. The predicted molar refractivity (Wildman–Crippen MR) is 95.0 cm³/mol. The van der Waals surface area contributed by atoms with Gasteiger partial charge >= 0.3 is 0 Å². The zero-order valence-corrected chi connectivity index (χ0v) is 15.3. The Balaban J connectivity index is 1.37. The molecule has 0 radical (unpaired) electrons. The number of amides is 1. The molecule has 27 heavy (non-hydrogen) atoms. The van der Waals surface area contributed by atoms with Crippen LogP contribution in [0.3, 0.4) is 0 Å². The molecular formula is C17H19N5O4S. The van der Waals surface area contributed by atoms with Crippen molar-refractivity contribution < 1.29 is 18.3 Å². The summed E-state index contributed by atoms with van der Waals surface area (Å²) >= 11 is 0. The number of carbonyl (C=O) groups is 1. The maximum absolute atomic E-state index is 12.5. The largest absolute Gasteiger partial charge is 0.394 e. The molecule has 2 aromatic rings. The number of aliphatic hydroxyl groups excluding tert-OH is 1. The Kier molecular flexibility index (Phi) is 4.54. The number of sulfonamides is 1. The molecule has 0 aliphatic carbocycles. The Morgan fingerprint density at radius 2 is 1.89 bits per heavy atom. The molecule has 2 aromatic heterocycles. The maximum atomic E-state index is 12.5. The highest BCUT2D eigenvalue weighted by Gasteiger charge is 2.39. The fraction of sp³-hybridized carbons (Fsp3) is 0.353. The highest BCUT2D eigenvalue weighted by atomic mass is 32.2. The molecule has 1 N–H and O–H groups in total. The van der Waals surface area contributed by atoms with Crippen molar-refractivity contribution in [3.63, 3.8) is 0 Å². The fourth-order valence-corrected chi connectivity index (χ4v) is 4.52. The average molecular weight is 389 g/mol. The van der Waals surface area contributed by atoms with Crippen LogP contribution >= 0.6 is 0 Å². The molecule has 9 nitrogen and oxygen atoms in total. The monoisotopic (exact) mass is 389 g/mol. The topological polar surface area (TPSA) is 109 Å². The summed E-state index contributed by atoms with van der Waals surface area (Å²) in [7, 11) is -3.57. The van der Waals surface area contributed by atoms with Crippen molar-refractivity contribution in [1.29, 1.82) is 0 Å². The number of pyridine rings is 1. The summed E-state index contributed by atoms with van der Waals surface area (Å²) in [5.41, 5.74) is 2.12. The Labute approximate surface area is 156 Å². The molecule has 1 atom stereocenters. The van der Waals surface area contributed by atoms with E-state index in [1.54, 1.807) is 34.0 Å². The van der Waals surface area contributed by atoms with Gasteiger partial charge in [0.25, 0.3) is 10.0 Å². The van der Waals surface area contributed by atoms with E-state index in [1.165, 1.54) is 22.9 Å². The molecule has 142 valence electrons. The molecule has 0 saturated carbocycles. The third-order valence-electron chi connectivity index (χ3n) is 4.89. The van der Waals surface area contributed by atoms with Gasteiger partial charge in [-0.25, -0.2) is 18.4 Å². The van der Waals surface area contributed by atoms with Crippen LogP contribution in [0.25, 0.3) is 0 Å². The molecule has 1 unspecified atom stereocenters. The van der Waals surface area contributed by atoms with E-state index in [2.05, 4.69) is 9.97 Å². The van der Waals surface area contributed by atoms with E-state index in [0.29, 0.717) is 26.2 Å². The first-order valence-corrected chi connectivity index (χ1v) is 9.92. The zero-order valence-electron chi connectivity index (χ0n) is 14.5. The second-order valence-electron chi connectivity index (χ2n) is 6.55. The first-order chi connectivity index (χ1) is 13.0. The van der Waals surface area contributed by atoms with Gasteiger partial charge in [0.1, 0.15) is 6.04 Å². The lowest BCUT2D eigenvalue weighted by molar-refractivity contribution is -0.137. The predicted octanol–water partition coefficient (Wildman–Crippen LogP) is -0.345. The van der Waals surface area contributed by atoms with E-state index >= 15 is 0 Å². The molecule has 2 saturated heterocycles. The minimum Gasteiger partial charge on any atom is -0.394 e. The lowest BCUT2D eigenvalue weighted by atomic mass is 9.96. The SMILES string of the molecule is O=C(C(CO)n1ccnc1)N1CC(=C2CN(S(=O)(=O)c3ccccn3)C2)C1. The molecule has 4 rings (SSSR count). The van der Waals surface area contributed by atoms with Gasteiger partial charge in [-0.15, -0.1) is 0 Å². The molecule has 0 bridgehead atoms. The van der Waals surface area contributed by atoms with Gasteiger partial charge in [0.05, 0.1) is 12.9 Å². The molecule has 2 aliphatic rings. The van der Waals surface area contributed by atoms with Crippen LogP contribution in [0, 0.1) is 0 Å². The summed E-state index contributed by atoms with van der Waals surface area (Å²) in [5.74, 6) is -0.169. The summed E-state index contributed by atoms with van der Waals surface area (Å²) < 4.78 is 27.9. The van der Waals surface area contributed by atoms with Crippen LogP contribution in [0.1, 0.15) is 6.04 Å². The average Bonchev–Trinajstić information content (AvgIpc) is 3.11. The molecular weight excluding hydrogens is 370 g/mol. The van der Waals surface area contributed by atoms with Crippen molar-refractivity contribution >= 4 is 15.9 Å². The first-order valence-electron chi connectivity index (χ1n) is 8.48. The number of imidazole rings is 1. The van der Waals surface area contributed by atoms with Gasteiger partial charge in [-0.1, -0.05) is 6.07 Å². The summed E-state index contributed by atoms with van der Waals surface area (Å²) in [6.07, 6.45) is 6.16. The van der Waals surface area contributed by atoms with Crippen LogP contribution in [0.15, 0.2) is 59.3 Å². The van der Waals surface area contributed by atoms with E-state index in [1.807, 2.05) is 0 Å². The third-order valence-corrected chi connectivity index (χ3v) is 6.60. The van der Waals surface area contributed by atoms with E-state index in [0.717, 1.165) is 11.1 Å². The minimum atomic E-state index is -3.57. The van der Waals surface area contributed by atoms with Crippen molar-refractivity contribution in [1.82, 2.24) is 23.7 Å². The summed E-state index contributed by atoms with van der Waals surface area (Å²) in [5, 5.41) is 9.56. The van der Waals surface area contributed by atoms with E-state index in [9.17, 15) is 18.3 Å². The number of carbonyl (C=O) groups excluding carboxylic acids is 1. The van der Waals surface area contributed by atoms with Crippen LogP contribution in [-0.2, 0) is 14.8 Å². The highest BCUT2D eigenvalue weighted by Crippen LogP contribution is 2.30. The number of aromatic nitrogens is 3. The van der Waals surface area contributed by atoms with E-state index in [4.69, 9.17) is 0 Å². The number of hydrogen-bond donors (Lipinski definition) is 1. The van der Waals surface area contributed by atoms with Crippen LogP contribution in [0.5, 0.6) is 0 Å². The summed E-state index contributed by atoms with van der Waals surface area (Å²) in [6.45, 7) is 1.31. The highest BCUT2D eigenvalue weighted by molar-refractivity contribution is 7.89. The number of nitrogens with zero attached hydrogens (tertiary/aromatic N) is 5. The smallest absolute Gasteiger partial charge is 0.261 e. The zero-order chi connectivity index (χ0) is 19.0. The normalized spacial score (nSPS) is 18.8. The van der Waals surface area contributed by atoms with Crippen LogP contribution in [0.4, 0.5) is 0 Å². The van der Waals surface area contributed by atoms with Gasteiger partial charge in [0.15, 0.2) is 5.03 Å². The lowest BCUT2D eigenvalue weighted by Crippen LogP contribution is -2.53. The maximum Gasteiger partial charge on any atom is 0.261 e. The van der Waals surface area contributed by atoms with E-state index in [-0.39, 0.29) is 17.5 Å². The molecule has 0 aromatic carbocycles. The molecule has 10 heteroatoms. The molecule has 2 aliphatic heterocycles. The quantitative estimate of drug-likeness (QED) is 0.701. The standard InChI is InChI=1S/C17H19N5O4S/c23-11-15(20-6-5-18-12-20)17(24)21-7-13(8-21)14-9-22(10-14)27(25,26)16-3-1-2-4-19-16/h1-6,12,15,23H,7-11H2. The van der Waals surface area contributed by atoms with Crippen molar-refractivity contribution in [3.8, 4) is 0 Å². The van der Waals surface area contributed by atoms with Gasteiger partial charge in [-0.3, -0.25) is 4.79 Å². The van der Waals surface area contributed by atoms with Crippen LogP contribution in [-0.4, -0.2) is 76.0 Å². The van der Waals surface area contributed by atoms with Crippen molar-refractivity contribution in [3.05, 3.63) is 54.3 Å². The Morgan fingerprint density at radius 3 is 2.48 bits per heavy atom.